The van der Waals surface area contributed by atoms with E-state index in [1.54, 1.807) is 0 Å². The maximum atomic E-state index is 2.67. The van der Waals surface area contributed by atoms with E-state index in [0.717, 1.165) is 11.4 Å². The Morgan fingerprint density at radius 2 is 0.812 bits per heavy atom. The molecule has 4 heteroatoms. The lowest BCUT2D eigenvalue weighted by Gasteiger charge is -2.38. The van der Waals surface area contributed by atoms with Crippen molar-refractivity contribution in [2.24, 2.45) is 0 Å². The molecule has 2 aliphatic heterocycles. The molecule has 3 aliphatic rings. The zero-order valence-corrected chi connectivity index (χ0v) is 34.7. The SMILES string of the molecule is C1=CC2C3C(=C1)c1ccccc1N3c1ccccc1-c1ccccc1-c1cccc3c4cc(-n5c6ccccc6c6cc(-n7c8ccccc8c8ccccc87)ccc65)ccc4n2c13. The average molecular weight is 815 g/mol. The molecule has 0 N–H and O–H groups in total. The van der Waals surface area contributed by atoms with Crippen LogP contribution in [0.15, 0.2) is 218 Å². The quantitative estimate of drug-likeness (QED) is 0.170. The number of nitrogens with zero attached hydrogens (tertiary/aromatic N) is 4. The number of hydrogen-bond donors (Lipinski definition) is 0. The standard InChI is InChI=1S/C60H38N4/c1-2-16-40-39(15-1)41-17-3-11-28-54(41)63-55-29-12-6-20-44(55)47-24-14-30-58(60(47)63)64-57-34-32-38(36-50(57)48-23-13-22-46(40)59(48)64)62-53-27-10-7-21-45(53)49-35-37(31-33-56(49)62)61-51-25-8-4-18-42(51)43-19-5-9-26-52(43)61/h1-36,58,60H. The van der Waals surface area contributed by atoms with E-state index in [1.165, 1.54) is 110 Å². The molecule has 0 spiro atoms. The van der Waals surface area contributed by atoms with Crippen LogP contribution >= 0.6 is 0 Å². The number of anilines is 2. The van der Waals surface area contributed by atoms with Crippen molar-refractivity contribution in [2.75, 3.05) is 4.90 Å². The monoisotopic (exact) mass is 814 g/mol. The van der Waals surface area contributed by atoms with Crippen molar-refractivity contribution in [3.8, 4) is 33.6 Å². The third-order valence-electron chi connectivity index (χ3n) is 14.5. The van der Waals surface area contributed by atoms with Gasteiger partial charge in [0.25, 0.3) is 0 Å². The van der Waals surface area contributed by atoms with Crippen LogP contribution in [0, 0.1) is 0 Å². The molecule has 1 aliphatic carbocycles. The van der Waals surface area contributed by atoms with Crippen molar-refractivity contribution in [2.45, 2.75) is 12.1 Å². The van der Waals surface area contributed by atoms with Crippen LogP contribution in [0.5, 0.6) is 0 Å². The lowest BCUT2D eigenvalue weighted by atomic mass is 9.88. The summed E-state index contributed by atoms with van der Waals surface area (Å²) in [5.74, 6) is 0. The Morgan fingerprint density at radius 3 is 1.48 bits per heavy atom. The molecule has 2 unspecified atom stereocenters. The summed E-state index contributed by atoms with van der Waals surface area (Å²) in [6.07, 6.45) is 7.08. The molecule has 2 atom stereocenters. The van der Waals surface area contributed by atoms with Gasteiger partial charge in [-0.3, -0.25) is 0 Å². The first kappa shape index (κ1) is 34.3. The summed E-state index contributed by atoms with van der Waals surface area (Å²) in [7, 11) is 0. The van der Waals surface area contributed by atoms with E-state index in [9.17, 15) is 0 Å². The Kier molecular flexibility index (Phi) is 6.76. The van der Waals surface area contributed by atoms with Gasteiger partial charge >= 0.3 is 0 Å². The van der Waals surface area contributed by atoms with E-state index < -0.39 is 0 Å². The van der Waals surface area contributed by atoms with E-state index in [-0.39, 0.29) is 12.1 Å². The second-order valence-corrected chi connectivity index (χ2v) is 17.6. The summed E-state index contributed by atoms with van der Waals surface area (Å²) in [4.78, 5) is 2.63. The lowest BCUT2D eigenvalue weighted by Crippen LogP contribution is -2.36. The topological polar surface area (TPSA) is 18.0 Å². The highest BCUT2D eigenvalue weighted by Gasteiger charge is 2.43. The smallest absolute Gasteiger partial charge is 0.0841 e. The summed E-state index contributed by atoms with van der Waals surface area (Å²) in [5.41, 5.74) is 19.8. The van der Waals surface area contributed by atoms with Gasteiger partial charge in [0.05, 0.1) is 39.7 Å². The van der Waals surface area contributed by atoms with E-state index >= 15 is 0 Å². The first-order valence-corrected chi connectivity index (χ1v) is 22.3. The molecule has 15 rings (SSSR count). The summed E-state index contributed by atoms with van der Waals surface area (Å²) < 4.78 is 7.57. The minimum absolute atomic E-state index is 0.0187. The molecule has 0 fully saturated rings. The summed E-state index contributed by atoms with van der Waals surface area (Å²) in [6.45, 7) is 0. The van der Waals surface area contributed by atoms with Crippen LogP contribution in [0.4, 0.5) is 11.4 Å². The first-order chi connectivity index (χ1) is 31.8. The van der Waals surface area contributed by atoms with Crippen LogP contribution in [-0.2, 0) is 0 Å². The lowest BCUT2D eigenvalue weighted by molar-refractivity contribution is 0.580. The van der Waals surface area contributed by atoms with Crippen molar-refractivity contribution in [3.63, 3.8) is 0 Å². The van der Waals surface area contributed by atoms with Crippen molar-refractivity contribution in [3.05, 3.63) is 224 Å². The van der Waals surface area contributed by atoms with E-state index in [4.69, 9.17) is 0 Å². The van der Waals surface area contributed by atoms with E-state index in [1.807, 2.05) is 0 Å². The maximum Gasteiger partial charge on any atom is 0.0841 e. The highest BCUT2D eigenvalue weighted by Crippen LogP contribution is 2.55. The fourth-order valence-electron chi connectivity index (χ4n) is 12.0. The fourth-order valence-corrected chi connectivity index (χ4v) is 12.0. The molecule has 9 aromatic carbocycles. The van der Waals surface area contributed by atoms with Crippen molar-refractivity contribution in [1.82, 2.24) is 13.7 Å². The Hall–Kier alpha value is -8.34. The number of hydrogen-bond acceptors (Lipinski definition) is 1. The second-order valence-electron chi connectivity index (χ2n) is 17.6. The molecule has 0 radical (unpaired) electrons. The average Bonchev–Trinajstić information content (AvgIpc) is 4.09. The highest BCUT2D eigenvalue weighted by molar-refractivity contribution is 6.17. The Bertz CT molecular complexity index is 4000. The molecule has 0 amide bonds. The summed E-state index contributed by atoms with van der Waals surface area (Å²) in [5, 5.41) is 7.54. The molecule has 4 nitrogen and oxygen atoms in total. The van der Waals surface area contributed by atoms with Gasteiger partial charge in [0.1, 0.15) is 0 Å². The number of rotatable bonds is 2. The molecule has 12 aromatic rings. The molecule has 3 aromatic heterocycles. The Labute approximate surface area is 369 Å². The summed E-state index contributed by atoms with van der Waals surface area (Å²) in [6, 6.07) is 74.7. The minimum Gasteiger partial charge on any atom is -0.330 e. The molecular formula is C60H38N4. The number of benzene rings is 9. The second kappa shape index (κ2) is 12.6. The predicted octanol–water partition coefficient (Wildman–Crippen LogP) is 15.4. The number of fused-ring (bicyclic) bond motifs is 18. The molecule has 298 valence electrons. The molecule has 64 heavy (non-hydrogen) atoms. The zero-order chi connectivity index (χ0) is 41.6. The van der Waals surface area contributed by atoms with Gasteiger partial charge in [0.15, 0.2) is 0 Å². The Morgan fingerprint density at radius 1 is 0.344 bits per heavy atom. The van der Waals surface area contributed by atoms with Gasteiger partial charge in [-0.1, -0.05) is 152 Å². The van der Waals surface area contributed by atoms with Gasteiger partial charge < -0.3 is 18.6 Å². The summed E-state index contributed by atoms with van der Waals surface area (Å²) >= 11 is 0. The highest BCUT2D eigenvalue weighted by atomic mass is 15.2. The molecular weight excluding hydrogens is 777 g/mol. The van der Waals surface area contributed by atoms with Gasteiger partial charge in [0.2, 0.25) is 0 Å². The number of para-hydroxylation sites is 6. The third-order valence-corrected chi connectivity index (χ3v) is 14.5. The molecule has 0 saturated carbocycles. The van der Waals surface area contributed by atoms with E-state index in [2.05, 4.69) is 237 Å². The zero-order valence-electron chi connectivity index (χ0n) is 34.7. The minimum atomic E-state index is 0.0187. The van der Waals surface area contributed by atoms with Gasteiger partial charge in [-0.25, -0.2) is 0 Å². The van der Waals surface area contributed by atoms with Crippen LogP contribution in [0.2, 0.25) is 0 Å². The molecule has 0 bridgehead atoms. The predicted molar refractivity (Wildman–Crippen MR) is 268 cm³/mol. The van der Waals surface area contributed by atoms with Gasteiger partial charge in [-0.2, -0.15) is 0 Å². The van der Waals surface area contributed by atoms with Gasteiger partial charge in [-0.15, -0.1) is 0 Å². The molecule has 0 saturated heterocycles. The van der Waals surface area contributed by atoms with E-state index in [0.29, 0.717) is 0 Å². The number of allylic oxidation sites excluding steroid dienone is 2. The van der Waals surface area contributed by atoms with Crippen LogP contribution < -0.4 is 4.90 Å². The number of aromatic nitrogens is 3. The third kappa shape index (κ3) is 4.41. The van der Waals surface area contributed by atoms with Crippen molar-refractivity contribution in [1.29, 1.82) is 0 Å². The van der Waals surface area contributed by atoms with Crippen molar-refractivity contribution >= 4 is 82.4 Å². The van der Waals surface area contributed by atoms with Crippen LogP contribution in [-0.4, -0.2) is 19.7 Å². The van der Waals surface area contributed by atoms with Crippen molar-refractivity contribution < 1.29 is 0 Å². The van der Waals surface area contributed by atoms with Gasteiger partial charge in [-0.05, 0) is 83.4 Å². The maximum absolute atomic E-state index is 2.67. The van der Waals surface area contributed by atoms with Crippen LogP contribution in [0.3, 0.4) is 0 Å². The van der Waals surface area contributed by atoms with Crippen LogP contribution in [0.1, 0.15) is 11.6 Å². The fraction of sp³-hybridized carbons (Fsp3) is 0.0333. The van der Waals surface area contributed by atoms with Crippen LogP contribution in [0.25, 0.3) is 105 Å². The first-order valence-electron chi connectivity index (χ1n) is 22.3. The molecule has 5 heterocycles. The normalized spacial score (nSPS) is 16.1. The Balaban J connectivity index is 0.998. The largest absolute Gasteiger partial charge is 0.330 e. The van der Waals surface area contributed by atoms with Gasteiger partial charge in [0, 0.05) is 77.3 Å².